The van der Waals surface area contributed by atoms with Crippen molar-refractivity contribution in [2.24, 2.45) is 0 Å². The van der Waals surface area contributed by atoms with E-state index in [-0.39, 0.29) is 18.0 Å². The van der Waals surface area contributed by atoms with Gasteiger partial charge in [-0.15, -0.1) is 0 Å². The Morgan fingerprint density at radius 2 is 2.10 bits per heavy atom. The van der Waals surface area contributed by atoms with Crippen molar-refractivity contribution in [1.82, 2.24) is 0 Å². The number of nitrogens with one attached hydrogen (secondary N) is 1. The third-order valence-corrected chi connectivity index (χ3v) is 3.16. The van der Waals surface area contributed by atoms with Crippen LogP contribution in [0.15, 0.2) is 36.4 Å². The van der Waals surface area contributed by atoms with Crippen molar-refractivity contribution in [3.8, 4) is 0 Å². The zero-order valence-corrected chi connectivity index (χ0v) is 11.4. The van der Waals surface area contributed by atoms with Gasteiger partial charge in [0.15, 0.2) is 0 Å². The normalized spacial score (nSPS) is 10.3. The van der Waals surface area contributed by atoms with E-state index in [2.05, 4.69) is 5.32 Å². The number of nitrogens with zero attached hydrogens (tertiary/aromatic N) is 1. The number of nitro benzene ring substituents is 1. The van der Waals surface area contributed by atoms with Gasteiger partial charge in [-0.3, -0.25) is 10.1 Å². The lowest BCUT2D eigenvalue weighted by Gasteiger charge is -2.09. The number of hydrogen-bond acceptors (Lipinski definition) is 3. The van der Waals surface area contributed by atoms with Crippen LogP contribution in [0.2, 0.25) is 5.02 Å². The Kier molecular flexibility index (Phi) is 4.20. The average molecular weight is 295 g/mol. The number of benzene rings is 2. The fourth-order valence-electron chi connectivity index (χ4n) is 1.92. The van der Waals surface area contributed by atoms with Crippen LogP contribution in [0.25, 0.3) is 0 Å². The molecule has 0 unspecified atom stereocenters. The molecule has 0 saturated carbocycles. The summed E-state index contributed by atoms with van der Waals surface area (Å²) in [5.41, 5.74) is 1.64. The van der Waals surface area contributed by atoms with E-state index in [1.54, 1.807) is 19.1 Å². The molecule has 0 radical (unpaired) electrons. The molecule has 0 aliphatic rings. The summed E-state index contributed by atoms with van der Waals surface area (Å²) >= 11 is 5.98. The lowest BCUT2D eigenvalue weighted by molar-refractivity contribution is -0.385. The number of nitro groups is 1. The number of rotatable bonds is 4. The molecule has 0 aromatic heterocycles. The maximum Gasteiger partial charge on any atom is 0.275 e. The van der Waals surface area contributed by atoms with Crippen LogP contribution in [0.4, 0.5) is 15.8 Å². The van der Waals surface area contributed by atoms with E-state index >= 15 is 0 Å². The summed E-state index contributed by atoms with van der Waals surface area (Å²) in [5.74, 6) is -0.360. The van der Waals surface area contributed by atoms with Gasteiger partial charge in [0.2, 0.25) is 0 Å². The van der Waals surface area contributed by atoms with Crippen LogP contribution in [0.3, 0.4) is 0 Å². The summed E-state index contributed by atoms with van der Waals surface area (Å²) < 4.78 is 13.3. The molecule has 20 heavy (non-hydrogen) atoms. The van der Waals surface area contributed by atoms with Crippen molar-refractivity contribution >= 4 is 23.0 Å². The lowest BCUT2D eigenvalue weighted by Crippen LogP contribution is -2.04. The third-order valence-electron chi connectivity index (χ3n) is 2.80. The predicted octanol–water partition coefficient (Wildman–Crippen LogP) is 4.31. The summed E-state index contributed by atoms with van der Waals surface area (Å²) in [7, 11) is 0. The maximum atomic E-state index is 13.3. The molecule has 0 saturated heterocycles. The van der Waals surface area contributed by atoms with Crippen molar-refractivity contribution in [3.63, 3.8) is 0 Å². The van der Waals surface area contributed by atoms with Crippen molar-refractivity contribution in [3.05, 3.63) is 68.5 Å². The van der Waals surface area contributed by atoms with E-state index in [1.807, 2.05) is 0 Å². The second kappa shape index (κ2) is 5.88. The molecule has 0 fully saturated rings. The fraction of sp³-hybridized carbons (Fsp3) is 0.143. The second-order valence-electron chi connectivity index (χ2n) is 4.37. The first kappa shape index (κ1) is 14.3. The Morgan fingerprint density at radius 3 is 2.75 bits per heavy atom. The summed E-state index contributed by atoms with van der Waals surface area (Å²) in [5, 5.41) is 14.2. The van der Waals surface area contributed by atoms with E-state index in [1.165, 1.54) is 24.3 Å². The van der Waals surface area contributed by atoms with Crippen LogP contribution in [0.5, 0.6) is 0 Å². The zero-order chi connectivity index (χ0) is 14.7. The quantitative estimate of drug-likeness (QED) is 0.675. The van der Waals surface area contributed by atoms with Gasteiger partial charge in [-0.2, -0.15) is 0 Å². The van der Waals surface area contributed by atoms with Gasteiger partial charge in [0.05, 0.1) is 15.5 Å². The van der Waals surface area contributed by atoms with E-state index in [0.717, 1.165) is 5.56 Å². The van der Waals surface area contributed by atoms with Gasteiger partial charge in [-0.1, -0.05) is 17.7 Å². The van der Waals surface area contributed by atoms with Gasteiger partial charge in [0.1, 0.15) is 5.82 Å². The highest BCUT2D eigenvalue weighted by atomic mass is 35.5. The van der Waals surface area contributed by atoms with Gasteiger partial charge in [-0.05, 0) is 36.8 Å². The van der Waals surface area contributed by atoms with Gasteiger partial charge < -0.3 is 5.32 Å². The van der Waals surface area contributed by atoms with Crippen molar-refractivity contribution in [2.45, 2.75) is 13.5 Å². The summed E-state index contributed by atoms with van der Waals surface area (Å²) in [6.07, 6.45) is 0. The van der Waals surface area contributed by atoms with Crippen LogP contribution < -0.4 is 5.32 Å². The monoisotopic (exact) mass is 294 g/mol. The molecule has 0 aliphatic heterocycles. The van der Waals surface area contributed by atoms with Crippen LogP contribution in [0, 0.1) is 22.9 Å². The Hall–Kier alpha value is -2.14. The zero-order valence-electron chi connectivity index (χ0n) is 10.7. The molecule has 0 amide bonds. The number of hydrogen-bond donors (Lipinski definition) is 1. The smallest absolute Gasteiger partial charge is 0.275 e. The highest BCUT2D eigenvalue weighted by Crippen LogP contribution is 2.27. The molecule has 1 N–H and O–H groups in total. The number of anilines is 1. The minimum absolute atomic E-state index is 0.0573. The molecular formula is C14H12ClFN2O2. The van der Waals surface area contributed by atoms with E-state index in [9.17, 15) is 14.5 Å². The van der Waals surface area contributed by atoms with Crippen LogP contribution in [0.1, 0.15) is 11.1 Å². The van der Waals surface area contributed by atoms with Crippen LogP contribution in [-0.4, -0.2) is 4.92 Å². The second-order valence-corrected chi connectivity index (χ2v) is 4.77. The maximum absolute atomic E-state index is 13.3. The molecule has 2 rings (SSSR count). The van der Waals surface area contributed by atoms with Crippen molar-refractivity contribution in [2.75, 3.05) is 5.32 Å². The minimum atomic E-state index is -0.486. The largest absolute Gasteiger partial charge is 0.381 e. The first-order valence-corrected chi connectivity index (χ1v) is 6.28. The van der Waals surface area contributed by atoms with Crippen molar-refractivity contribution < 1.29 is 9.31 Å². The number of aryl methyl sites for hydroxylation is 1. The van der Waals surface area contributed by atoms with E-state index < -0.39 is 4.92 Å². The Balaban J connectivity index is 2.25. The topological polar surface area (TPSA) is 55.2 Å². The summed E-state index contributed by atoms with van der Waals surface area (Å²) in [4.78, 5) is 10.5. The molecule has 0 spiro atoms. The molecule has 2 aromatic rings. The Bertz CT molecular complexity index is 641. The highest BCUT2D eigenvalue weighted by Gasteiger charge is 2.16. The van der Waals surface area contributed by atoms with Gasteiger partial charge >= 0.3 is 0 Å². The highest BCUT2D eigenvalue weighted by molar-refractivity contribution is 6.31. The minimum Gasteiger partial charge on any atom is -0.381 e. The Morgan fingerprint density at radius 1 is 1.35 bits per heavy atom. The Labute approximate surface area is 120 Å². The molecule has 0 atom stereocenters. The fourth-order valence-corrected chi connectivity index (χ4v) is 2.16. The van der Waals surface area contributed by atoms with Crippen molar-refractivity contribution in [1.29, 1.82) is 0 Å². The molecule has 0 bridgehead atoms. The molecule has 4 nitrogen and oxygen atoms in total. The van der Waals surface area contributed by atoms with Gasteiger partial charge in [0.25, 0.3) is 5.69 Å². The van der Waals surface area contributed by atoms with Gasteiger partial charge in [0, 0.05) is 18.3 Å². The van der Waals surface area contributed by atoms with E-state index in [4.69, 9.17) is 11.6 Å². The van der Waals surface area contributed by atoms with Crippen LogP contribution in [-0.2, 0) is 6.54 Å². The van der Waals surface area contributed by atoms with Gasteiger partial charge in [-0.25, -0.2) is 4.39 Å². The molecule has 2 aromatic carbocycles. The predicted molar refractivity (Wildman–Crippen MR) is 76.6 cm³/mol. The molecule has 0 heterocycles. The average Bonchev–Trinajstić information content (AvgIpc) is 2.35. The number of halogens is 2. The first-order valence-electron chi connectivity index (χ1n) is 5.90. The van der Waals surface area contributed by atoms with E-state index in [0.29, 0.717) is 16.3 Å². The summed E-state index contributed by atoms with van der Waals surface area (Å²) in [6, 6.07) is 8.99. The molecule has 104 valence electrons. The van der Waals surface area contributed by atoms with Crippen LogP contribution >= 0.6 is 11.6 Å². The molecule has 6 heteroatoms. The lowest BCUT2D eigenvalue weighted by atomic mass is 10.1. The first-order chi connectivity index (χ1) is 9.47. The summed E-state index contributed by atoms with van der Waals surface area (Å²) in [6.45, 7) is 1.92. The molecular weight excluding hydrogens is 283 g/mol. The standard InChI is InChI=1S/C14H12ClFN2O2/c1-9-5-10(16)7-11(6-9)17-8-12-13(15)3-2-4-14(12)18(19)20/h2-7,17H,8H2,1H3. The molecule has 0 aliphatic carbocycles. The third kappa shape index (κ3) is 3.24. The SMILES string of the molecule is Cc1cc(F)cc(NCc2c(Cl)cccc2[N+](=O)[O-])c1.